The van der Waals surface area contributed by atoms with Crippen molar-refractivity contribution in [3.8, 4) is 0 Å². The Bertz CT molecular complexity index is 152. The molecule has 0 aliphatic heterocycles. The lowest BCUT2D eigenvalue weighted by Gasteiger charge is -2.29. The Morgan fingerprint density at radius 3 is 2.12 bits per heavy atom. The Morgan fingerprint density at radius 1 is 0.941 bits per heavy atom. The van der Waals surface area contributed by atoms with Crippen LogP contribution >= 0.6 is 15.9 Å². The lowest BCUT2D eigenvalue weighted by atomic mass is 9.86. The van der Waals surface area contributed by atoms with Crippen LogP contribution in [0, 0.1) is 5.41 Å². The van der Waals surface area contributed by atoms with Gasteiger partial charge < -0.3 is 14.2 Å². The molecular formula is C13H27BrO3. The van der Waals surface area contributed by atoms with Crippen molar-refractivity contribution >= 4 is 15.9 Å². The van der Waals surface area contributed by atoms with Crippen LogP contribution < -0.4 is 0 Å². The van der Waals surface area contributed by atoms with Crippen LogP contribution in [-0.4, -0.2) is 45.5 Å². The molecule has 0 heterocycles. The molecular weight excluding hydrogens is 284 g/mol. The molecule has 4 heteroatoms. The van der Waals surface area contributed by atoms with Crippen LogP contribution in [0.3, 0.4) is 0 Å². The molecule has 0 fully saturated rings. The molecule has 0 aliphatic carbocycles. The van der Waals surface area contributed by atoms with Crippen LogP contribution in [0.2, 0.25) is 0 Å². The third-order valence-electron chi connectivity index (χ3n) is 3.20. The van der Waals surface area contributed by atoms with E-state index in [4.69, 9.17) is 14.2 Å². The Labute approximate surface area is 114 Å². The van der Waals surface area contributed by atoms with Gasteiger partial charge in [0, 0.05) is 31.1 Å². The van der Waals surface area contributed by atoms with Crippen LogP contribution in [0.4, 0.5) is 0 Å². The average Bonchev–Trinajstić information content (AvgIpc) is 2.38. The van der Waals surface area contributed by atoms with Crippen molar-refractivity contribution in [2.45, 2.75) is 33.1 Å². The number of halogens is 1. The number of methoxy groups -OCH3 is 1. The van der Waals surface area contributed by atoms with Gasteiger partial charge in [0.15, 0.2) is 0 Å². The SMILES string of the molecule is CCC(CC)(CBr)COCCOCCCOC. The summed E-state index contributed by atoms with van der Waals surface area (Å²) >= 11 is 3.58. The number of hydrogen-bond donors (Lipinski definition) is 0. The molecule has 0 unspecified atom stereocenters. The second kappa shape index (κ2) is 11.5. The van der Waals surface area contributed by atoms with Gasteiger partial charge >= 0.3 is 0 Å². The van der Waals surface area contributed by atoms with E-state index in [1.165, 1.54) is 0 Å². The van der Waals surface area contributed by atoms with Gasteiger partial charge in [0.2, 0.25) is 0 Å². The van der Waals surface area contributed by atoms with Crippen molar-refractivity contribution in [3.05, 3.63) is 0 Å². The smallest absolute Gasteiger partial charge is 0.0700 e. The highest BCUT2D eigenvalue weighted by Crippen LogP contribution is 2.28. The monoisotopic (exact) mass is 310 g/mol. The topological polar surface area (TPSA) is 27.7 Å². The summed E-state index contributed by atoms with van der Waals surface area (Å²) in [5.41, 5.74) is 0.288. The van der Waals surface area contributed by atoms with E-state index in [-0.39, 0.29) is 5.41 Å². The lowest BCUT2D eigenvalue weighted by Crippen LogP contribution is -2.28. The molecule has 3 nitrogen and oxygen atoms in total. The van der Waals surface area contributed by atoms with Gasteiger partial charge in [0.1, 0.15) is 0 Å². The standard InChI is InChI=1S/C13H27BrO3/c1-4-13(5-2,11-14)12-17-10-9-16-8-6-7-15-3/h4-12H2,1-3H3. The summed E-state index contributed by atoms with van der Waals surface area (Å²) in [6.45, 7) is 8.12. The van der Waals surface area contributed by atoms with E-state index in [0.717, 1.165) is 44.4 Å². The predicted molar refractivity (Wildman–Crippen MR) is 74.9 cm³/mol. The third kappa shape index (κ3) is 8.14. The van der Waals surface area contributed by atoms with Gasteiger partial charge in [-0.3, -0.25) is 0 Å². The summed E-state index contributed by atoms with van der Waals surface area (Å²) in [5, 5.41) is 1.00. The highest BCUT2D eigenvalue weighted by Gasteiger charge is 2.24. The van der Waals surface area contributed by atoms with Gasteiger partial charge in [-0.2, -0.15) is 0 Å². The van der Waals surface area contributed by atoms with Crippen LogP contribution in [-0.2, 0) is 14.2 Å². The van der Waals surface area contributed by atoms with Crippen LogP contribution in [0.15, 0.2) is 0 Å². The highest BCUT2D eigenvalue weighted by atomic mass is 79.9. The van der Waals surface area contributed by atoms with Gasteiger partial charge in [0.05, 0.1) is 19.8 Å². The Balaban J connectivity index is 3.43. The van der Waals surface area contributed by atoms with Gasteiger partial charge in [-0.25, -0.2) is 0 Å². The summed E-state index contributed by atoms with van der Waals surface area (Å²) in [6.07, 6.45) is 3.23. The molecule has 0 aromatic rings. The fourth-order valence-corrected chi connectivity index (χ4v) is 2.45. The van der Waals surface area contributed by atoms with E-state index in [2.05, 4.69) is 29.8 Å². The second-order valence-corrected chi connectivity index (χ2v) is 4.91. The Kier molecular flexibility index (Phi) is 11.7. The van der Waals surface area contributed by atoms with Gasteiger partial charge in [-0.15, -0.1) is 0 Å². The minimum absolute atomic E-state index is 0.288. The van der Waals surface area contributed by atoms with Crippen LogP contribution in [0.5, 0.6) is 0 Å². The molecule has 0 bridgehead atoms. The summed E-state index contributed by atoms with van der Waals surface area (Å²) in [7, 11) is 1.71. The maximum Gasteiger partial charge on any atom is 0.0700 e. The second-order valence-electron chi connectivity index (χ2n) is 4.35. The Morgan fingerprint density at radius 2 is 1.59 bits per heavy atom. The molecule has 0 amide bonds. The fourth-order valence-electron chi connectivity index (χ4n) is 1.50. The predicted octanol–water partition coefficient (Wildman–Crippen LogP) is 3.26. The molecule has 0 aromatic heterocycles. The first-order valence-electron chi connectivity index (χ1n) is 6.45. The van der Waals surface area contributed by atoms with Crippen LogP contribution in [0.25, 0.3) is 0 Å². The average molecular weight is 311 g/mol. The van der Waals surface area contributed by atoms with Crippen molar-refractivity contribution in [1.82, 2.24) is 0 Å². The maximum atomic E-state index is 5.69. The summed E-state index contributed by atoms with van der Waals surface area (Å²) in [6, 6.07) is 0. The van der Waals surface area contributed by atoms with E-state index in [1.807, 2.05) is 0 Å². The molecule has 0 radical (unpaired) electrons. The summed E-state index contributed by atoms with van der Waals surface area (Å²) in [4.78, 5) is 0. The molecule has 0 atom stereocenters. The van der Waals surface area contributed by atoms with Crippen molar-refractivity contribution in [1.29, 1.82) is 0 Å². The Hall–Kier alpha value is 0.360. The highest BCUT2D eigenvalue weighted by molar-refractivity contribution is 9.09. The largest absolute Gasteiger partial charge is 0.385 e. The number of hydrogen-bond acceptors (Lipinski definition) is 3. The minimum Gasteiger partial charge on any atom is -0.385 e. The first-order chi connectivity index (χ1) is 8.24. The third-order valence-corrected chi connectivity index (χ3v) is 4.39. The van der Waals surface area contributed by atoms with Gasteiger partial charge in [-0.1, -0.05) is 29.8 Å². The molecule has 17 heavy (non-hydrogen) atoms. The molecule has 0 rings (SSSR count). The molecule has 0 N–H and O–H groups in total. The lowest BCUT2D eigenvalue weighted by molar-refractivity contribution is 0.00584. The first kappa shape index (κ1) is 17.4. The van der Waals surface area contributed by atoms with Crippen molar-refractivity contribution in [2.75, 3.05) is 45.5 Å². The van der Waals surface area contributed by atoms with Crippen molar-refractivity contribution in [2.24, 2.45) is 5.41 Å². The molecule has 0 aromatic carbocycles. The molecule has 0 saturated heterocycles. The van der Waals surface area contributed by atoms with Crippen molar-refractivity contribution < 1.29 is 14.2 Å². The zero-order valence-electron chi connectivity index (χ0n) is 11.5. The van der Waals surface area contributed by atoms with Crippen LogP contribution in [0.1, 0.15) is 33.1 Å². The minimum atomic E-state index is 0.288. The summed E-state index contributed by atoms with van der Waals surface area (Å²) in [5.74, 6) is 0. The zero-order valence-corrected chi connectivity index (χ0v) is 13.1. The zero-order chi connectivity index (χ0) is 13.0. The van der Waals surface area contributed by atoms with Crippen molar-refractivity contribution in [3.63, 3.8) is 0 Å². The molecule has 0 aliphatic rings. The number of rotatable bonds is 12. The van der Waals surface area contributed by atoms with E-state index < -0.39 is 0 Å². The molecule has 0 spiro atoms. The van der Waals surface area contributed by atoms with E-state index in [1.54, 1.807) is 7.11 Å². The fraction of sp³-hybridized carbons (Fsp3) is 1.00. The van der Waals surface area contributed by atoms with Gasteiger partial charge in [0.25, 0.3) is 0 Å². The normalized spacial score (nSPS) is 12.0. The quantitative estimate of drug-likeness (QED) is 0.409. The number of alkyl halides is 1. The first-order valence-corrected chi connectivity index (χ1v) is 7.57. The summed E-state index contributed by atoms with van der Waals surface area (Å²) < 4.78 is 16.1. The number of ether oxygens (including phenoxy) is 3. The van der Waals surface area contributed by atoms with E-state index >= 15 is 0 Å². The molecule has 0 saturated carbocycles. The van der Waals surface area contributed by atoms with Gasteiger partial charge in [-0.05, 0) is 19.3 Å². The van der Waals surface area contributed by atoms with E-state index in [0.29, 0.717) is 13.2 Å². The van der Waals surface area contributed by atoms with E-state index in [9.17, 15) is 0 Å². The maximum absolute atomic E-state index is 5.69. The molecule has 104 valence electrons.